The molecule has 0 spiro atoms. The van der Waals surface area contributed by atoms with Crippen LogP contribution in [0.25, 0.3) is 0 Å². The van der Waals surface area contributed by atoms with Crippen LogP contribution in [-0.2, 0) is 4.79 Å². The average Bonchev–Trinajstić information content (AvgIpc) is 3.16. The molecule has 1 aromatic heterocycles. The van der Waals surface area contributed by atoms with Gasteiger partial charge in [0.1, 0.15) is 11.5 Å². The molecule has 3 N–H and O–H groups in total. The number of ether oxygens (including phenoxy) is 1. The van der Waals surface area contributed by atoms with E-state index in [-0.39, 0.29) is 48.2 Å². The molecule has 0 radical (unpaired) electrons. The van der Waals surface area contributed by atoms with Gasteiger partial charge in [0, 0.05) is 17.8 Å². The van der Waals surface area contributed by atoms with Crippen LogP contribution in [0.1, 0.15) is 97.5 Å². The van der Waals surface area contributed by atoms with Crippen molar-refractivity contribution in [3.8, 4) is 5.88 Å². The van der Waals surface area contributed by atoms with Gasteiger partial charge in [-0.15, -0.1) is 11.8 Å². The zero-order chi connectivity index (χ0) is 27.3. The number of hydrogen-bond acceptors (Lipinski definition) is 7. The Kier molecular flexibility index (Phi) is 10.4. The number of aliphatic hydroxyl groups is 1. The van der Waals surface area contributed by atoms with Gasteiger partial charge in [0.2, 0.25) is 11.7 Å². The number of amides is 2. The minimum atomic E-state index is -0.772. The molecule has 9 heteroatoms. The molecule has 2 fully saturated rings. The van der Waals surface area contributed by atoms with Gasteiger partial charge in [-0.05, 0) is 102 Å². The summed E-state index contributed by atoms with van der Waals surface area (Å²) in [5, 5.41) is 20.4. The number of nitrogens with one attached hydrogen (secondary N) is 2. The second kappa shape index (κ2) is 12.9. The fourth-order valence-electron chi connectivity index (χ4n) is 5.43. The Morgan fingerprint density at radius 3 is 2.46 bits per heavy atom. The van der Waals surface area contributed by atoms with Crippen molar-refractivity contribution in [2.75, 3.05) is 12.4 Å². The van der Waals surface area contributed by atoms with Crippen molar-refractivity contribution in [3.05, 3.63) is 5.76 Å². The van der Waals surface area contributed by atoms with Gasteiger partial charge < -0.3 is 25.0 Å². The molecule has 210 valence electrons. The molecule has 1 aromatic rings. The monoisotopic (exact) mass is 537 g/mol. The van der Waals surface area contributed by atoms with E-state index in [1.54, 1.807) is 0 Å². The van der Waals surface area contributed by atoms with E-state index >= 15 is 0 Å². The lowest BCUT2D eigenvalue weighted by molar-refractivity contribution is -0.131. The van der Waals surface area contributed by atoms with E-state index in [0.717, 1.165) is 37.9 Å². The first kappa shape index (κ1) is 29.8. The molecule has 0 aromatic carbocycles. The van der Waals surface area contributed by atoms with E-state index in [1.165, 1.54) is 18.2 Å². The molecule has 5 atom stereocenters. The number of hydrogen-bond donors (Lipinski definition) is 3. The third kappa shape index (κ3) is 8.37. The van der Waals surface area contributed by atoms with Crippen molar-refractivity contribution in [2.24, 2.45) is 29.1 Å². The number of rotatable bonds is 11. The van der Waals surface area contributed by atoms with Crippen LogP contribution in [0.5, 0.6) is 5.88 Å². The molecule has 2 aliphatic rings. The largest absolute Gasteiger partial charge is 0.474 e. The highest BCUT2D eigenvalue weighted by atomic mass is 32.2. The van der Waals surface area contributed by atoms with Gasteiger partial charge >= 0.3 is 0 Å². The van der Waals surface area contributed by atoms with Crippen molar-refractivity contribution < 1.29 is 24.0 Å². The van der Waals surface area contributed by atoms with E-state index in [9.17, 15) is 14.7 Å². The number of carbonyl (C=O) groups is 2. The summed E-state index contributed by atoms with van der Waals surface area (Å²) in [6.07, 6.45) is 5.95. The summed E-state index contributed by atoms with van der Waals surface area (Å²) >= 11 is 1.50. The topological polar surface area (TPSA) is 114 Å². The summed E-state index contributed by atoms with van der Waals surface area (Å²) in [5.41, 5.74) is -0.772. The molecule has 2 aliphatic carbocycles. The van der Waals surface area contributed by atoms with Gasteiger partial charge in [0.25, 0.3) is 11.8 Å². The number of thioether (sulfide) groups is 1. The van der Waals surface area contributed by atoms with Crippen molar-refractivity contribution in [2.45, 2.75) is 110 Å². The van der Waals surface area contributed by atoms with Gasteiger partial charge in [-0.1, -0.05) is 13.8 Å². The molecule has 2 saturated carbocycles. The predicted octanol–water partition coefficient (Wildman–Crippen LogP) is 5.05. The SMILES string of the molecule is CC(C)CSc1c(OCC(C)(C)C(=O)NC(C)C)noc1C(=O)NC(C)C1CC2CC[C@@H](O)CC(C2)C1. The highest BCUT2D eigenvalue weighted by molar-refractivity contribution is 7.99. The molecule has 2 amide bonds. The highest BCUT2D eigenvalue weighted by Crippen LogP contribution is 2.42. The minimum absolute atomic E-state index is 0.0101. The zero-order valence-electron chi connectivity index (χ0n) is 23.6. The summed E-state index contributed by atoms with van der Waals surface area (Å²) in [5.74, 6) is 2.74. The van der Waals surface area contributed by atoms with E-state index in [4.69, 9.17) is 9.26 Å². The first-order valence-electron chi connectivity index (χ1n) is 13.9. The molecule has 3 rings (SSSR count). The summed E-state index contributed by atoms with van der Waals surface area (Å²) in [7, 11) is 0. The molecule has 1 heterocycles. The van der Waals surface area contributed by atoms with Crippen LogP contribution in [0.4, 0.5) is 0 Å². The number of aromatic nitrogens is 1. The van der Waals surface area contributed by atoms with E-state index < -0.39 is 5.41 Å². The minimum Gasteiger partial charge on any atom is -0.474 e. The van der Waals surface area contributed by atoms with Gasteiger partial charge in [-0.2, -0.15) is 0 Å². The Labute approximate surface area is 226 Å². The fraction of sp³-hybridized carbons (Fsp3) is 0.821. The van der Waals surface area contributed by atoms with Gasteiger partial charge in [-0.3, -0.25) is 9.59 Å². The van der Waals surface area contributed by atoms with Crippen molar-refractivity contribution in [3.63, 3.8) is 0 Å². The van der Waals surface area contributed by atoms with E-state index in [0.29, 0.717) is 28.6 Å². The van der Waals surface area contributed by atoms with Gasteiger partial charge in [0.05, 0.1) is 11.5 Å². The third-order valence-corrected chi connectivity index (χ3v) is 8.99. The second-order valence-electron chi connectivity index (χ2n) is 12.6. The van der Waals surface area contributed by atoms with E-state index in [1.807, 2.05) is 27.7 Å². The molecule has 37 heavy (non-hydrogen) atoms. The first-order valence-corrected chi connectivity index (χ1v) is 14.9. The maximum atomic E-state index is 13.4. The number of carbonyl (C=O) groups excluding carboxylic acids is 2. The quantitative estimate of drug-likeness (QED) is 0.339. The van der Waals surface area contributed by atoms with Crippen LogP contribution < -0.4 is 15.4 Å². The molecule has 2 bridgehead atoms. The number of nitrogens with zero attached hydrogens (tertiary/aromatic N) is 1. The fourth-order valence-corrected chi connectivity index (χ4v) is 6.41. The Bertz CT molecular complexity index is 914. The van der Waals surface area contributed by atoms with Crippen LogP contribution in [0.15, 0.2) is 9.42 Å². The Balaban J connectivity index is 1.69. The maximum Gasteiger partial charge on any atom is 0.291 e. The Morgan fingerprint density at radius 1 is 1.08 bits per heavy atom. The smallest absolute Gasteiger partial charge is 0.291 e. The van der Waals surface area contributed by atoms with Crippen LogP contribution in [0.3, 0.4) is 0 Å². The van der Waals surface area contributed by atoms with Crippen LogP contribution in [0, 0.1) is 29.1 Å². The molecular weight excluding hydrogens is 490 g/mol. The van der Waals surface area contributed by atoms with Gasteiger partial charge in [-0.25, -0.2) is 0 Å². The molecule has 0 saturated heterocycles. The van der Waals surface area contributed by atoms with Crippen molar-refractivity contribution in [1.82, 2.24) is 15.8 Å². The zero-order valence-corrected chi connectivity index (χ0v) is 24.5. The summed E-state index contributed by atoms with van der Waals surface area (Å²) in [4.78, 5) is 26.5. The van der Waals surface area contributed by atoms with Crippen LogP contribution in [-0.4, -0.2) is 52.6 Å². The lowest BCUT2D eigenvalue weighted by Crippen LogP contribution is -2.43. The molecule has 0 aliphatic heterocycles. The third-order valence-electron chi connectivity index (χ3n) is 7.51. The second-order valence-corrected chi connectivity index (χ2v) is 13.6. The standard InChI is InChI=1S/C28H47N3O5S/c1-16(2)14-37-24-23(36-31-26(24)35-15-28(6,7)27(34)29-17(3)4)25(33)30-18(5)21-11-19-8-9-22(32)13-20(10-19)12-21/h16-22,32H,8-15H2,1-7H3,(H,29,34)(H,30,33)/t18?,19?,20?,21?,22-/m1/s1. The molecular formula is C28H47N3O5S. The lowest BCUT2D eigenvalue weighted by Gasteiger charge is -2.36. The van der Waals surface area contributed by atoms with Crippen molar-refractivity contribution in [1.29, 1.82) is 0 Å². The maximum absolute atomic E-state index is 13.4. The number of fused-ring (bicyclic) bond motifs is 2. The normalized spacial score (nSPS) is 25.0. The van der Waals surface area contributed by atoms with Crippen molar-refractivity contribution >= 4 is 23.6 Å². The highest BCUT2D eigenvalue weighted by Gasteiger charge is 2.37. The van der Waals surface area contributed by atoms with Crippen LogP contribution in [0.2, 0.25) is 0 Å². The summed E-state index contributed by atoms with van der Waals surface area (Å²) in [6.45, 7) is 13.9. The molecule has 8 nitrogen and oxygen atoms in total. The van der Waals surface area contributed by atoms with Crippen LogP contribution >= 0.6 is 11.8 Å². The van der Waals surface area contributed by atoms with Gasteiger partial charge in [0.15, 0.2) is 0 Å². The number of aliphatic hydroxyl groups excluding tert-OH is 1. The Morgan fingerprint density at radius 2 is 1.78 bits per heavy atom. The summed E-state index contributed by atoms with van der Waals surface area (Å²) in [6, 6.07) is 0.0237. The predicted molar refractivity (Wildman–Crippen MR) is 146 cm³/mol. The molecule has 4 unspecified atom stereocenters. The first-order chi connectivity index (χ1) is 17.4. The van der Waals surface area contributed by atoms with E-state index in [2.05, 4.69) is 36.6 Å². The average molecular weight is 538 g/mol. The summed E-state index contributed by atoms with van der Waals surface area (Å²) < 4.78 is 11.5. The Hall–Kier alpha value is -1.74. The lowest BCUT2D eigenvalue weighted by atomic mass is 9.72.